The van der Waals surface area contributed by atoms with Crippen molar-refractivity contribution in [3.05, 3.63) is 60.2 Å². The van der Waals surface area contributed by atoms with Crippen molar-refractivity contribution in [1.29, 1.82) is 0 Å². The molecule has 1 aliphatic heterocycles. The van der Waals surface area contributed by atoms with E-state index < -0.39 is 0 Å². The van der Waals surface area contributed by atoms with Crippen molar-refractivity contribution in [3.8, 4) is 11.1 Å². The molecule has 1 saturated heterocycles. The summed E-state index contributed by atoms with van der Waals surface area (Å²) < 4.78 is 18.6. The number of ether oxygens (including phenoxy) is 1. The lowest BCUT2D eigenvalue weighted by atomic mass is 9.59. The third-order valence-electron chi connectivity index (χ3n) is 7.87. The second-order valence-corrected chi connectivity index (χ2v) is 10.0. The van der Waals surface area contributed by atoms with Crippen LogP contribution >= 0.6 is 0 Å². The Bertz CT molecular complexity index is 1100. The van der Waals surface area contributed by atoms with E-state index in [9.17, 15) is 14.0 Å². The van der Waals surface area contributed by atoms with E-state index in [0.717, 1.165) is 42.5 Å². The van der Waals surface area contributed by atoms with Crippen molar-refractivity contribution in [2.45, 2.75) is 51.1 Å². The van der Waals surface area contributed by atoms with Gasteiger partial charge < -0.3 is 15.4 Å². The molecule has 3 fully saturated rings. The maximum absolute atomic E-state index is 13.6. The van der Waals surface area contributed by atoms with Crippen LogP contribution in [-0.4, -0.2) is 35.7 Å². The van der Waals surface area contributed by atoms with Crippen LogP contribution in [-0.2, 0) is 9.53 Å². The Kier molecular flexibility index (Phi) is 6.84. The molecule has 0 unspecified atom stereocenters. The van der Waals surface area contributed by atoms with Gasteiger partial charge in [-0.05, 0) is 80.2 Å². The minimum absolute atomic E-state index is 0.124. The highest BCUT2D eigenvalue weighted by atomic mass is 19.1. The summed E-state index contributed by atoms with van der Waals surface area (Å²) in [6.07, 6.45) is 10.1. The van der Waals surface area contributed by atoms with Crippen LogP contribution in [0.15, 0.2) is 48.7 Å². The number of carbonyl (C=O) groups excluding carboxylic acids is 2. The maximum atomic E-state index is 13.6. The molecule has 35 heavy (non-hydrogen) atoms. The Morgan fingerprint density at radius 2 is 2.09 bits per heavy atom. The van der Waals surface area contributed by atoms with Gasteiger partial charge in [-0.3, -0.25) is 9.78 Å². The van der Waals surface area contributed by atoms with Crippen LogP contribution in [0.1, 0.15) is 44.7 Å². The number of rotatable bonds is 5. The van der Waals surface area contributed by atoms with Gasteiger partial charge in [-0.1, -0.05) is 24.3 Å². The number of hydrogen-bond acceptors (Lipinski definition) is 4. The molecule has 2 aliphatic carbocycles. The fourth-order valence-corrected chi connectivity index (χ4v) is 6.37. The summed E-state index contributed by atoms with van der Waals surface area (Å²) in [4.78, 5) is 28.8. The van der Waals surface area contributed by atoms with Crippen molar-refractivity contribution in [2.75, 3.05) is 6.61 Å². The number of benzene rings is 1. The second-order valence-electron chi connectivity index (χ2n) is 10.0. The van der Waals surface area contributed by atoms with Crippen molar-refractivity contribution < 1.29 is 18.7 Å². The SMILES string of the molecule is CCOC(=O)N[C@@H]1CC[C@@H]2[C@@H](C1)C[C@H]1CC(=O)N[C@H]1[C@H]2/C=C/c1ccc(-c2cccc(F)c2)cn1. The van der Waals surface area contributed by atoms with Crippen LogP contribution in [0.25, 0.3) is 17.2 Å². The van der Waals surface area contributed by atoms with E-state index in [1.54, 1.807) is 12.3 Å². The quantitative estimate of drug-likeness (QED) is 0.638. The summed E-state index contributed by atoms with van der Waals surface area (Å²) >= 11 is 0. The number of pyridine rings is 1. The molecule has 6 nitrogen and oxygen atoms in total. The molecule has 2 aromatic rings. The first kappa shape index (κ1) is 23.5. The smallest absolute Gasteiger partial charge is 0.407 e. The second kappa shape index (κ2) is 10.2. The van der Waals surface area contributed by atoms with E-state index in [0.29, 0.717) is 30.8 Å². The minimum Gasteiger partial charge on any atom is -0.450 e. The Hall–Kier alpha value is -3.22. The van der Waals surface area contributed by atoms with Crippen molar-refractivity contribution in [2.24, 2.45) is 23.7 Å². The summed E-state index contributed by atoms with van der Waals surface area (Å²) in [7, 11) is 0. The number of alkyl carbamates (subject to hydrolysis) is 1. The molecule has 2 N–H and O–H groups in total. The molecule has 6 atom stereocenters. The maximum Gasteiger partial charge on any atom is 0.407 e. The lowest BCUT2D eigenvalue weighted by Gasteiger charge is -2.47. The molecule has 0 bridgehead atoms. The zero-order chi connectivity index (χ0) is 24.4. The van der Waals surface area contributed by atoms with E-state index in [-0.39, 0.29) is 35.8 Å². The lowest BCUT2D eigenvalue weighted by molar-refractivity contribution is -0.119. The van der Waals surface area contributed by atoms with Crippen LogP contribution in [0.2, 0.25) is 0 Å². The Balaban J connectivity index is 1.31. The monoisotopic (exact) mass is 477 g/mol. The Morgan fingerprint density at radius 1 is 1.20 bits per heavy atom. The minimum atomic E-state index is -0.341. The number of nitrogens with zero attached hydrogens (tertiary/aromatic N) is 1. The van der Waals surface area contributed by atoms with Crippen molar-refractivity contribution in [3.63, 3.8) is 0 Å². The first-order valence-electron chi connectivity index (χ1n) is 12.6. The van der Waals surface area contributed by atoms with Crippen LogP contribution in [0.4, 0.5) is 9.18 Å². The molecule has 2 heterocycles. The topological polar surface area (TPSA) is 80.3 Å². The molecule has 184 valence electrons. The van der Waals surface area contributed by atoms with Gasteiger partial charge in [-0.25, -0.2) is 9.18 Å². The fraction of sp³-hybridized carbons (Fsp3) is 0.464. The number of hydrogen-bond donors (Lipinski definition) is 2. The molecular formula is C28H32FN3O3. The number of carbonyl (C=O) groups is 2. The van der Waals surface area contributed by atoms with E-state index in [4.69, 9.17) is 4.74 Å². The summed E-state index contributed by atoms with van der Waals surface area (Å²) in [5, 5.41) is 6.26. The number of halogens is 1. The van der Waals surface area contributed by atoms with Crippen LogP contribution in [0.3, 0.4) is 0 Å². The summed E-state index contributed by atoms with van der Waals surface area (Å²) in [6.45, 7) is 2.18. The molecule has 7 heteroatoms. The average Bonchev–Trinajstić information content (AvgIpc) is 3.22. The van der Waals surface area contributed by atoms with Gasteiger partial charge in [0.2, 0.25) is 5.91 Å². The van der Waals surface area contributed by atoms with Gasteiger partial charge in [-0.15, -0.1) is 0 Å². The number of amides is 2. The van der Waals surface area contributed by atoms with Crippen molar-refractivity contribution >= 4 is 18.1 Å². The van der Waals surface area contributed by atoms with Gasteiger partial charge in [0.15, 0.2) is 0 Å². The van der Waals surface area contributed by atoms with E-state index in [1.165, 1.54) is 12.1 Å². The van der Waals surface area contributed by atoms with Gasteiger partial charge >= 0.3 is 6.09 Å². The normalized spacial score (nSPS) is 29.8. The highest BCUT2D eigenvalue weighted by Crippen LogP contribution is 2.49. The van der Waals surface area contributed by atoms with Crippen LogP contribution in [0, 0.1) is 29.5 Å². The predicted octanol–water partition coefficient (Wildman–Crippen LogP) is 4.96. The summed E-state index contributed by atoms with van der Waals surface area (Å²) in [5.74, 6) is 1.34. The van der Waals surface area contributed by atoms with Crippen molar-refractivity contribution in [1.82, 2.24) is 15.6 Å². The third kappa shape index (κ3) is 5.24. The molecule has 1 aromatic carbocycles. The molecule has 2 saturated carbocycles. The van der Waals surface area contributed by atoms with Gasteiger partial charge in [0.05, 0.1) is 12.3 Å². The highest BCUT2D eigenvalue weighted by molar-refractivity contribution is 5.79. The predicted molar refractivity (Wildman–Crippen MR) is 132 cm³/mol. The third-order valence-corrected chi connectivity index (χ3v) is 7.87. The number of fused-ring (bicyclic) bond motifs is 2. The molecule has 3 aliphatic rings. The van der Waals surface area contributed by atoms with Gasteiger partial charge in [-0.2, -0.15) is 0 Å². The molecular weight excluding hydrogens is 445 g/mol. The Labute approximate surface area is 205 Å². The van der Waals surface area contributed by atoms with Gasteiger partial charge in [0.1, 0.15) is 5.82 Å². The van der Waals surface area contributed by atoms with Crippen LogP contribution in [0.5, 0.6) is 0 Å². The summed E-state index contributed by atoms with van der Waals surface area (Å²) in [6, 6.07) is 10.7. The fourth-order valence-electron chi connectivity index (χ4n) is 6.37. The first-order chi connectivity index (χ1) is 17.0. The zero-order valence-electron chi connectivity index (χ0n) is 20.0. The van der Waals surface area contributed by atoms with Gasteiger partial charge in [0, 0.05) is 36.2 Å². The van der Waals surface area contributed by atoms with Gasteiger partial charge in [0.25, 0.3) is 0 Å². The van der Waals surface area contributed by atoms with Crippen LogP contribution < -0.4 is 10.6 Å². The Morgan fingerprint density at radius 3 is 2.86 bits per heavy atom. The van der Waals surface area contributed by atoms with E-state index in [2.05, 4.69) is 21.7 Å². The molecule has 2 amide bonds. The van der Waals surface area contributed by atoms with E-state index >= 15 is 0 Å². The number of aromatic nitrogens is 1. The lowest BCUT2D eigenvalue weighted by Crippen LogP contribution is -2.50. The highest BCUT2D eigenvalue weighted by Gasteiger charge is 2.49. The summed E-state index contributed by atoms with van der Waals surface area (Å²) in [5.41, 5.74) is 2.51. The average molecular weight is 478 g/mol. The molecule has 5 rings (SSSR count). The molecule has 0 radical (unpaired) electrons. The largest absolute Gasteiger partial charge is 0.450 e. The number of nitrogens with one attached hydrogen (secondary N) is 2. The van der Waals surface area contributed by atoms with E-state index in [1.807, 2.05) is 31.2 Å². The molecule has 0 spiro atoms. The first-order valence-corrected chi connectivity index (χ1v) is 12.6. The standard InChI is InChI=1S/C28H32FN3O3/c1-2-35-28(34)31-23-9-10-24-19(14-23)12-20-15-26(33)32-27(20)25(24)11-8-22-7-6-18(16-30-22)17-4-3-5-21(29)13-17/h3-8,11,13,16,19-20,23-25,27H,2,9-10,12,14-15H2,1H3,(H,31,34)(H,32,33)/b11-8+/t19-,20+,23-,24-,25+,27-/m1/s1. The molecule has 1 aromatic heterocycles. The zero-order valence-corrected chi connectivity index (χ0v) is 20.0.